The smallest absolute Gasteiger partial charge is 0.339 e. The standard InChI is InChI=1S/C73H80Cl2O10/c1-43(2)8-6-9-44(3)61-30-31-62-58-29-28-56-36-45(32-34-72(56,4)63(58)33-35-73(61,62)5)10-7-11-57(54-37-59(70(80)81)66(64(74)39-54)84-41-46-12-16-48(17-13-46)50-20-24-52(25-21-50)68(76)77)55-38-60(71(82)83)67(65(75)40-55)85-42-47-14-18-49(19-15-47)51-22-26-53(27-23-51)69(78)79/h11-27,37-40,43-45,56,58,61-63H,6-10,28-36,41-42H2,1-5H3,(H,76,77)(H,78,79)(H,80,81)(H,82,83)/t44?,45-,56-,58-,61+,62-,63-,72-,73+/m0/s1. The second-order valence-electron chi connectivity index (χ2n) is 26.0. The Balaban J connectivity index is 0.885. The first kappa shape index (κ1) is 61.2. The highest BCUT2D eigenvalue weighted by atomic mass is 35.5. The van der Waals surface area contributed by atoms with Crippen molar-refractivity contribution >= 4 is 52.7 Å². The lowest BCUT2D eigenvalue weighted by Crippen LogP contribution is -2.53. The summed E-state index contributed by atoms with van der Waals surface area (Å²) in [7, 11) is 0. The van der Waals surface area contributed by atoms with Crippen molar-refractivity contribution in [1.29, 1.82) is 0 Å². The van der Waals surface area contributed by atoms with Gasteiger partial charge in [-0.15, -0.1) is 0 Å². The molecule has 0 heterocycles. The van der Waals surface area contributed by atoms with E-state index in [0.29, 0.717) is 45.8 Å². The lowest BCUT2D eigenvalue weighted by atomic mass is 9.44. The van der Waals surface area contributed by atoms with Crippen LogP contribution in [-0.4, -0.2) is 44.3 Å². The minimum atomic E-state index is -1.25. The third-order valence-corrected chi connectivity index (χ3v) is 21.2. The number of hydrogen-bond acceptors (Lipinski definition) is 6. The molecule has 6 aromatic carbocycles. The summed E-state index contributed by atoms with van der Waals surface area (Å²) in [6.45, 7) is 12.6. The van der Waals surface area contributed by atoms with Crippen molar-refractivity contribution < 1.29 is 49.1 Å². The van der Waals surface area contributed by atoms with E-state index in [2.05, 4.69) is 40.7 Å². The zero-order valence-electron chi connectivity index (χ0n) is 49.6. The maximum absolute atomic E-state index is 13.2. The van der Waals surface area contributed by atoms with E-state index in [-0.39, 0.29) is 57.0 Å². The first-order valence-electron chi connectivity index (χ1n) is 30.7. The van der Waals surface area contributed by atoms with E-state index in [1.165, 1.54) is 82.8 Å². The molecule has 6 aromatic rings. The Bertz CT molecular complexity index is 3270. The zero-order valence-corrected chi connectivity index (χ0v) is 51.1. The van der Waals surface area contributed by atoms with Crippen molar-refractivity contribution in [2.75, 3.05) is 0 Å². The van der Waals surface area contributed by atoms with Crippen LogP contribution < -0.4 is 9.47 Å². The van der Waals surface area contributed by atoms with E-state index in [1.807, 2.05) is 48.5 Å². The fourth-order valence-corrected chi connectivity index (χ4v) is 16.7. The van der Waals surface area contributed by atoms with Crippen LogP contribution in [0.15, 0.2) is 127 Å². The highest BCUT2D eigenvalue weighted by Gasteiger charge is 2.60. The van der Waals surface area contributed by atoms with Crippen LogP contribution in [0.25, 0.3) is 27.8 Å². The van der Waals surface area contributed by atoms with Crippen molar-refractivity contribution in [2.45, 2.75) is 138 Å². The second kappa shape index (κ2) is 26.0. The minimum Gasteiger partial charge on any atom is -0.486 e. The van der Waals surface area contributed by atoms with Crippen LogP contribution in [0.2, 0.25) is 10.0 Å². The molecule has 0 aromatic heterocycles. The Morgan fingerprint density at radius 1 is 0.553 bits per heavy atom. The van der Waals surface area contributed by atoms with Gasteiger partial charge in [0.15, 0.2) is 11.5 Å². The van der Waals surface area contributed by atoms with Crippen LogP contribution in [0.4, 0.5) is 0 Å². The number of halogens is 2. The fraction of sp³-hybridized carbons (Fsp3) is 0.425. The molecule has 10 nitrogen and oxygen atoms in total. The third kappa shape index (κ3) is 13.3. The van der Waals surface area contributed by atoms with Crippen molar-refractivity contribution in [3.05, 3.63) is 182 Å². The molecule has 0 spiro atoms. The molecule has 9 atom stereocenters. The molecule has 85 heavy (non-hydrogen) atoms. The summed E-state index contributed by atoms with van der Waals surface area (Å²) < 4.78 is 12.4. The van der Waals surface area contributed by atoms with Gasteiger partial charge in [-0.2, -0.15) is 0 Å². The van der Waals surface area contributed by atoms with E-state index >= 15 is 0 Å². The van der Waals surface area contributed by atoms with Crippen LogP contribution in [0.1, 0.15) is 188 Å². The number of rotatable bonds is 22. The molecule has 0 amide bonds. The van der Waals surface area contributed by atoms with Gasteiger partial charge < -0.3 is 29.9 Å². The Labute approximate surface area is 510 Å². The van der Waals surface area contributed by atoms with Gasteiger partial charge in [0.05, 0.1) is 21.2 Å². The molecule has 10 rings (SSSR count). The van der Waals surface area contributed by atoms with Crippen molar-refractivity contribution in [1.82, 2.24) is 0 Å². The largest absolute Gasteiger partial charge is 0.486 e. The van der Waals surface area contributed by atoms with Crippen LogP contribution >= 0.6 is 23.2 Å². The summed E-state index contributed by atoms with van der Waals surface area (Å²) in [6, 6.07) is 34.5. The Morgan fingerprint density at radius 3 is 1.49 bits per heavy atom. The molecule has 4 saturated carbocycles. The number of aromatic carboxylic acids is 4. The summed E-state index contributed by atoms with van der Waals surface area (Å²) in [5.74, 6) is 1.49. The highest BCUT2D eigenvalue weighted by molar-refractivity contribution is 6.33. The summed E-state index contributed by atoms with van der Waals surface area (Å²) >= 11 is 14.1. The molecule has 4 fully saturated rings. The average molecular weight is 1190 g/mol. The predicted molar refractivity (Wildman–Crippen MR) is 336 cm³/mol. The Hall–Kier alpha value is -6.88. The van der Waals surface area contributed by atoms with Gasteiger partial charge in [-0.05, 0) is 227 Å². The van der Waals surface area contributed by atoms with Gasteiger partial charge in [-0.25, -0.2) is 19.2 Å². The number of carboxylic acids is 4. The van der Waals surface area contributed by atoms with Gasteiger partial charge in [0, 0.05) is 0 Å². The van der Waals surface area contributed by atoms with E-state index in [9.17, 15) is 39.6 Å². The number of ether oxygens (including phenoxy) is 2. The molecule has 4 aliphatic carbocycles. The summed E-state index contributed by atoms with van der Waals surface area (Å²) in [4.78, 5) is 49.2. The van der Waals surface area contributed by atoms with Gasteiger partial charge in [-0.1, -0.05) is 156 Å². The lowest BCUT2D eigenvalue weighted by Gasteiger charge is -2.61. The lowest BCUT2D eigenvalue weighted by molar-refractivity contribution is -0.121. The summed E-state index contributed by atoms with van der Waals surface area (Å²) in [5.41, 5.74) is 7.28. The van der Waals surface area contributed by atoms with E-state index in [0.717, 1.165) is 81.7 Å². The van der Waals surface area contributed by atoms with Gasteiger partial charge in [0.2, 0.25) is 0 Å². The minimum absolute atomic E-state index is 0.00701. The highest BCUT2D eigenvalue weighted by Crippen LogP contribution is 2.69. The second-order valence-corrected chi connectivity index (χ2v) is 26.9. The van der Waals surface area contributed by atoms with Gasteiger partial charge in [0.25, 0.3) is 0 Å². The average Bonchev–Trinajstić information content (AvgIpc) is 1.77. The Kier molecular flexibility index (Phi) is 18.7. The summed E-state index contributed by atoms with van der Waals surface area (Å²) in [5, 5.41) is 40.3. The summed E-state index contributed by atoms with van der Waals surface area (Å²) in [6.07, 6.45) is 19.4. The molecule has 0 saturated heterocycles. The molecule has 4 N–H and O–H groups in total. The molecule has 0 bridgehead atoms. The number of benzene rings is 6. The predicted octanol–water partition coefficient (Wildman–Crippen LogP) is 19.2. The van der Waals surface area contributed by atoms with Crippen molar-refractivity contribution in [2.24, 2.45) is 58.2 Å². The normalized spacial score (nSPS) is 23.7. The van der Waals surface area contributed by atoms with Crippen molar-refractivity contribution in [3.8, 4) is 33.8 Å². The van der Waals surface area contributed by atoms with E-state index < -0.39 is 23.9 Å². The monoisotopic (exact) mass is 1190 g/mol. The fourth-order valence-electron chi connectivity index (χ4n) is 16.1. The number of carbonyl (C=O) groups is 4. The maximum Gasteiger partial charge on any atom is 0.339 e. The Morgan fingerprint density at radius 2 is 1.02 bits per heavy atom. The van der Waals surface area contributed by atoms with Crippen LogP contribution in [-0.2, 0) is 13.2 Å². The first-order chi connectivity index (χ1) is 40.7. The molecule has 12 heteroatoms. The molecule has 0 radical (unpaired) electrons. The molecule has 4 aliphatic rings. The molecular formula is C73H80Cl2O10. The van der Waals surface area contributed by atoms with Crippen molar-refractivity contribution in [3.63, 3.8) is 0 Å². The number of carboxylic acid groups (broad SMARTS) is 4. The number of allylic oxidation sites excluding steroid dienone is 1. The quantitative estimate of drug-likeness (QED) is 0.0514. The van der Waals surface area contributed by atoms with Crippen LogP contribution in [0, 0.1) is 58.2 Å². The molecule has 1 unspecified atom stereocenters. The molecule has 0 aliphatic heterocycles. The first-order valence-corrected chi connectivity index (χ1v) is 31.4. The van der Waals surface area contributed by atoms with Gasteiger partial charge >= 0.3 is 23.9 Å². The maximum atomic E-state index is 13.2. The molecular weight excluding hydrogens is 1110 g/mol. The van der Waals surface area contributed by atoms with Gasteiger partial charge in [-0.3, -0.25) is 0 Å². The topological polar surface area (TPSA) is 168 Å². The van der Waals surface area contributed by atoms with Gasteiger partial charge in [0.1, 0.15) is 24.3 Å². The number of hydrogen-bond donors (Lipinski definition) is 4. The van der Waals surface area contributed by atoms with Crippen LogP contribution in [0.3, 0.4) is 0 Å². The van der Waals surface area contributed by atoms with E-state index in [4.69, 9.17) is 32.7 Å². The third-order valence-electron chi connectivity index (χ3n) is 20.7. The van der Waals surface area contributed by atoms with E-state index in [1.54, 1.807) is 60.7 Å². The number of fused-ring (bicyclic) bond motifs is 5. The zero-order chi connectivity index (χ0) is 60.3. The molecule has 446 valence electrons. The van der Waals surface area contributed by atoms with Crippen LogP contribution in [0.5, 0.6) is 11.5 Å². The SMILES string of the molecule is CC(C)CCCC(C)[C@H]1CC[C@H]2[C@@H]3CC[C@H]4C[C@@H](CCC=C(c5cc(Cl)c(OCc6ccc(-c7ccc(C(=O)O)cc7)cc6)c(C(=O)O)c5)c5cc(Cl)c(OCc6ccc(-c7ccc(C(=O)O)cc7)cc6)c(C(=O)O)c5)CC[C@]4(C)[C@H]3CC[C@]12C.